The molecule has 1 aromatic heterocycles. The Kier molecular flexibility index (Phi) is 5.97. The van der Waals surface area contributed by atoms with E-state index in [2.05, 4.69) is 118 Å². The average molecular weight is 514 g/mol. The van der Waals surface area contributed by atoms with Gasteiger partial charge in [0.25, 0.3) is 0 Å². The molecule has 0 saturated heterocycles. The third kappa shape index (κ3) is 4.17. The molecular weight excluding hydrogens is 483 g/mol. The van der Waals surface area contributed by atoms with Crippen LogP contribution in [0, 0.1) is 20.8 Å². The summed E-state index contributed by atoms with van der Waals surface area (Å²) < 4.78 is 1.88. The van der Waals surface area contributed by atoms with Crippen molar-refractivity contribution in [2.24, 2.45) is 4.99 Å². The topological polar surface area (TPSA) is 17.3 Å². The van der Waals surface area contributed by atoms with E-state index in [9.17, 15) is 0 Å². The normalized spacial score (nSPS) is 16.8. The zero-order valence-electron chi connectivity index (χ0n) is 23.3. The third-order valence-electron chi connectivity index (χ3n) is 8.43. The van der Waals surface area contributed by atoms with Crippen molar-refractivity contribution in [1.29, 1.82) is 0 Å². The monoisotopic (exact) mass is 514 g/mol. The van der Waals surface area contributed by atoms with Crippen LogP contribution in [0.1, 0.15) is 62.3 Å². The molecule has 2 aliphatic carbocycles. The smallest absolute Gasteiger partial charge is 0.234 e. The maximum absolute atomic E-state index is 6.97. The van der Waals surface area contributed by atoms with E-state index < -0.39 is 0 Å². The van der Waals surface area contributed by atoms with E-state index in [-0.39, 0.29) is 0 Å². The Morgan fingerprint density at radius 2 is 1.40 bits per heavy atom. The molecule has 0 amide bonds. The van der Waals surface area contributed by atoms with Gasteiger partial charge in [0.15, 0.2) is 0 Å². The molecule has 2 nitrogen and oxygen atoms in total. The molecule has 4 aromatic rings. The predicted octanol–water partition coefficient (Wildman–Crippen LogP) is 8.24. The number of fused-ring (bicyclic) bond motifs is 2. The van der Waals surface area contributed by atoms with Crippen molar-refractivity contribution in [2.75, 3.05) is 0 Å². The van der Waals surface area contributed by atoms with Gasteiger partial charge >= 0.3 is 0 Å². The van der Waals surface area contributed by atoms with Gasteiger partial charge in [0.2, 0.25) is 7.98 Å². The Bertz CT molecular complexity index is 1830. The Labute approximate surface area is 238 Å². The second-order valence-corrected chi connectivity index (χ2v) is 11.3. The third-order valence-corrected chi connectivity index (χ3v) is 8.43. The molecule has 0 atom stereocenters. The van der Waals surface area contributed by atoms with Gasteiger partial charge in [-0.15, -0.1) is 0 Å². The van der Waals surface area contributed by atoms with Gasteiger partial charge in [-0.25, -0.2) is 0 Å². The number of aliphatic imine (C=N–C) groups is 1. The van der Waals surface area contributed by atoms with Gasteiger partial charge in [0, 0.05) is 35.5 Å². The van der Waals surface area contributed by atoms with Crippen molar-refractivity contribution in [3.8, 4) is 0 Å². The SMILES string of the molecule is [B]n1c(C2=Cc3ccccc3C2)ccc1/C(=C1/C=CCC(C2=Cc3ccccc3C2)=N1)c1c(C)cc(C)cc1C. The molecule has 0 saturated carbocycles. The molecule has 7 rings (SSSR count). The van der Waals surface area contributed by atoms with E-state index in [0.717, 1.165) is 47.6 Å². The Hall–Kier alpha value is -4.37. The molecule has 2 heterocycles. The lowest BCUT2D eigenvalue weighted by Gasteiger charge is -2.21. The first-order chi connectivity index (χ1) is 19.5. The van der Waals surface area contributed by atoms with Gasteiger partial charge in [0.05, 0.1) is 5.70 Å². The van der Waals surface area contributed by atoms with E-state index in [4.69, 9.17) is 13.0 Å². The number of nitrogens with zero attached hydrogens (tertiary/aromatic N) is 2. The summed E-state index contributed by atoms with van der Waals surface area (Å²) in [7, 11) is 6.97. The highest BCUT2D eigenvalue weighted by Crippen LogP contribution is 2.39. The highest BCUT2D eigenvalue weighted by Gasteiger charge is 2.24. The number of dihydropyridines is 1. The second-order valence-electron chi connectivity index (χ2n) is 11.3. The maximum atomic E-state index is 6.97. The van der Waals surface area contributed by atoms with Crippen LogP contribution in [-0.4, -0.2) is 18.2 Å². The van der Waals surface area contributed by atoms with Crippen LogP contribution in [0.15, 0.2) is 101 Å². The van der Waals surface area contributed by atoms with Crippen molar-refractivity contribution in [3.63, 3.8) is 0 Å². The van der Waals surface area contributed by atoms with Gasteiger partial charge in [-0.2, -0.15) is 0 Å². The van der Waals surface area contributed by atoms with E-state index in [1.807, 2.05) is 4.48 Å². The van der Waals surface area contributed by atoms with Crippen molar-refractivity contribution in [2.45, 2.75) is 40.0 Å². The molecule has 1 aliphatic heterocycles. The Morgan fingerprint density at radius 1 is 0.775 bits per heavy atom. The molecule has 40 heavy (non-hydrogen) atoms. The quantitative estimate of drug-likeness (QED) is 0.244. The number of rotatable bonds is 4. The summed E-state index contributed by atoms with van der Waals surface area (Å²) in [6, 6.07) is 26.1. The second kappa shape index (κ2) is 9.68. The molecule has 2 radical (unpaired) electrons. The summed E-state index contributed by atoms with van der Waals surface area (Å²) in [6.07, 6.45) is 11.7. The zero-order chi connectivity index (χ0) is 27.4. The first-order valence-electron chi connectivity index (χ1n) is 14.1. The van der Waals surface area contributed by atoms with Gasteiger partial charge in [0.1, 0.15) is 0 Å². The van der Waals surface area contributed by atoms with Gasteiger partial charge in [-0.1, -0.05) is 72.3 Å². The number of benzene rings is 3. The summed E-state index contributed by atoms with van der Waals surface area (Å²) >= 11 is 0. The first-order valence-corrected chi connectivity index (χ1v) is 14.1. The summed E-state index contributed by atoms with van der Waals surface area (Å²) in [5.41, 5.74) is 18.0. The Balaban J connectivity index is 1.38. The lowest BCUT2D eigenvalue weighted by molar-refractivity contribution is 1.14. The number of aromatic nitrogens is 1. The molecule has 3 heteroatoms. The fraction of sp³-hybridized carbons (Fsp3) is 0.162. The van der Waals surface area contributed by atoms with Crippen LogP contribution in [0.3, 0.4) is 0 Å². The highest BCUT2D eigenvalue weighted by atomic mass is 14.9. The highest BCUT2D eigenvalue weighted by molar-refractivity contribution is 6.12. The first kappa shape index (κ1) is 24.7. The van der Waals surface area contributed by atoms with Crippen LogP contribution in [0.25, 0.3) is 23.3 Å². The summed E-state index contributed by atoms with van der Waals surface area (Å²) in [5.74, 6) is 0. The minimum absolute atomic E-state index is 0.836. The Morgan fingerprint density at radius 3 is 2.08 bits per heavy atom. The molecule has 0 bridgehead atoms. The average Bonchev–Trinajstić information content (AvgIpc) is 3.67. The predicted molar refractivity (Wildman–Crippen MR) is 170 cm³/mol. The largest absolute Gasteiger partial charge is 0.397 e. The van der Waals surface area contributed by atoms with Crippen molar-refractivity contribution >= 4 is 37.0 Å². The van der Waals surface area contributed by atoms with E-state index in [1.165, 1.54) is 55.7 Å². The standard InChI is InChI=1S/C37H31BN2/c1-23-17-24(2)36(25(3)18-23)37(33-14-8-13-32(39-33)30-19-26-9-4-5-10-27(26)20-30)35-16-15-34(40(35)38)31-21-28-11-6-7-12-29(28)22-31/h4-12,14-19,21H,13,20,22H2,1-3H3/b37-33+. The maximum Gasteiger partial charge on any atom is 0.234 e. The van der Waals surface area contributed by atoms with E-state index in [1.54, 1.807) is 0 Å². The summed E-state index contributed by atoms with van der Waals surface area (Å²) in [5, 5.41) is 0. The molecule has 0 unspecified atom stereocenters. The number of aryl methyl sites for hydroxylation is 3. The number of hydrogen-bond acceptors (Lipinski definition) is 1. The summed E-state index contributed by atoms with van der Waals surface area (Å²) in [6.45, 7) is 6.56. The van der Waals surface area contributed by atoms with Gasteiger partial charge in [-0.3, -0.25) is 4.99 Å². The van der Waals surface area contributed by atoms with Crippen molar-refractivity contribution in [1.82, 2.24) is 4.48 Å². The van der Waals surface area contributed by atoms with Crippen LogP contribution in [0.4, 0.5) is 0 Å². The lowest BCUT2D eigenvalue weighted by atomic mass is 9.89. The van der Waals surface area contributed by atoms with Crippen molar-refractivity contribution in [3.05, 3.63) is 152 Å². The molecular formula is C37H31BN2. The molecule has 192 valence electrons. The fourth-order valence-electron chi connectivity index (χ4n) is 6.64. The van der Waals surface area contributed by atoms with Gasteiger partial charge < -0.3 is 4.48 Å². The molecule has 0 spiro atoms. The van der Waals surface area contributed by atoms with E-state index in [0.29, 0.717) is 0 Å². The van der Waals surface area contributed by atoms with Gasteiger partial charge in [-0.05, 0) is 108 Å². The minimum atomic E-state index is 0.836. The lowest BCUT2D eigenvalue weighted by Crippen LogP contribution is -2.10. The number of hydrogen-bond donors (Lipinski definition) is 0. The van der Waals surface area contributed by atoms with Crippen LogP contribution in [0.5, 0.6) is 0 Å². The molecule has 3 aromatic carbocycles. The zero-order valence-corrected chi connectivity index (χ0v) is 23.3. The fourth-order valence-corrected chi connectivity index (χ4v) is 6.64. The minimum Gasteiger partial charge on any atom is -0.397 e. The number of allylic oxidation sites excluding steroid dienone is 4. The van der Waals surface area contributed by atoms with Crippen LogP contribution in [0.2, 0.25) is 0 Å². The van der Waals surface area contributed by atoms with Crippen LogP contribution < -0.4 is 0 Å². The van der Waals surface area contributed by atoms with Crippen molar-refractivity contribution < 1.29 is 0 Å². The molecule has 3 aliphatic rings. The molecule has 0 fully saturated rings. The summed E-state index contributed by atoms with van der Waals surface area (Å²) in [4.78, 5) is 5.34. The van der Waals surface area contributed by atoms with Crippen LogP contribution in [-0.2, 0) is 12.8 Å². The van der Waals surface area contributed by atoms with E-state index >= 15 is 0 Å². The molecule has 0 N–H and O–H groups in total. The van der Waals surface area contributed by atoms with Crippen LogP contribution >= 0.6 is 0 Å².